The number of nitrogens with one attached hydrogen (secondary N) is 1. The molecule has 1 saturated heterocycles. The van der Waals surface area contributed by atoms with Crippen molar-refractivity contribution < 1.29 is 19.4 Å². The van der Waals surface area contributed by atoms with Gasteiger partial charge in [0.2, 0.25) is 0 Å². The van der Waals surface area contributed by atoms with Crippen LogP contribution in [-0.2, 0) is 33.7 Å². The summed E-state index contributed by atoms with van der Waals surface area (Å²) in [5.74, 6) is 0.254. The van der Waals surface area contributed by atoms with Gasteiger partial charge in [-0.3, -0.25) is 9.69 Å². The molecule has 2 fully saturated rings. The second-order valence-electron chi connectivity index (χ2n) is 10.4. The summed E-state index contributed by atoms with van der Waals surface area (Å²) in [6.07, 6.45) is 9.97. The van der Waals surface area contributed by atoms with Crippen LogP contribution in [0.3, 0.4) is 0 Å². The fraction of sp³-hybridized carbons (Fsp3) is 0.586. The predicted molar refractivity (Wildman–Crippen MR) is 139 cm³/mol. The molecule has 0 radical (unpaired) electrons. The van der Waals surface area contributed by atoms with Crippen molar-refractivity contribution in [2.24, 2.45) is 0 Å². The standard InChI is InChI=1S/C29H39N3O4/c33-29(34)27(26-12-2-1-7-22(26)20-36-24-10-5-11-24)32-17-15-25(19-32)35-18-4-3-9-23-14-13-21-8-6-16-30-28(21)31-23/h1-2,7,12-14,24-25,27H,3-6,8-11,15-20H2,(H,30,31)(H,33,34). The average molecular weight is 494 g/mol. The van der Waals surface area contributed by atoms with Gasteiger partial charge in [-0.1, -0.05) is 30.3 Å². The number of likely N-dealkylation sites (tertiary alicyclic amines) is 1. The van der Waals surface area contributed by atoms with Crippen LogP contribution in [0.2, 0.25) is 0 Å². The molecule has 5 rings (SSSR count). The molecular weight excluding hydrogens is 454 g/mol. The van der Waals surface area contributed by atoms with Crippen molar-refractivity contribution in [1.82, 2.24) is 9.88 Å². The number of benzene rings is 1. The average Bonchev–Trinajstić information content (AvgIpc) is 3.32. The summed E-state index contributed by atoms with van der Waals surface area (Å²) in [6.45, 7) is 3.56. The molecule has 1 aromatic carbocycles. The zero-order chi connectivity index (χ0) is 24.7. The first-order valence-electron chi connectivity index (χ1n) is 13.7. The van der Waals surface area contributed by atoms with Gasteiger partial charge < -0.3 is 19.9 Å². The minimum atomic E-state index is -0.807. The number of anilines is 1. The molecule has 194 valence electrons. The van der Waals surface area contributed by atoms with E-state index in [0.717, 1.165) is 80.7 Å². The number of aromatic nitrogens is 1. The van der Waals surface area contributed by atoms with Crippen LogP contribution in [0.5, 0.6) is 0 Å². The van der Waals surface area contributed by atoms with Crippen LogP contribution in [-0.4, -0.2) is 59.4 Å². The van der Waals surface area contributed by atoms with E-state index in [9.17, 15) is 9.90 Å². The number of hydrogen-bond donors (Lipinski definition) is 2. The number of rotatable bonds is 12. The lowest BCUT2D eigenvalue weighted by Crippen LogP contribution is -2.34. The van der Waals surface area contributed by atoms with Crippen molar-refractivity contribution in [3.8, 4) is 0 Å². The number of carboxylic acids is 1. The lowest BCUT2D eigenvalue weighted by molar-refractivity contribution is -0.143. The summed E-state index contributed by atoms with van der Waals surface area (Å²) >= 11 is 0. The van der Waals surface area contributed by atoms with E-state index in [2.05, 4.69) is 22.3 Å². The Balaban J connectivity index is 1.08. The SMILES string of the molecule is O=C(O)C(c1ccccc1COC1CCC1)N1CCC(OCCCCc2ccc3c(n2)NCCC3)C1. The van der Waals surface area contributed by atoms with E-state index >= 15 is 0 Å². The molecular formula is C29H39N3O4. The molecule has 0 spiro atoms. The minimum Gasteiger partial charge on any atom is -0.480 e. The van der Waals surface area contributed by atoms with Gasteiger partial charge in [0.1, 0.15) is 11.9 Å². The maximum absolute atomic E-state index is 12.3. The molecule has 0 amide bonds. The van der Waals surface area contributed by atoms with Crippen LogP contribution in [0.4, 0.5) is 5.82 Å². The Hall–Kier alpha value is -2.48. The number of fused-ring (bicyclic) bond motifs is 1. The topological polar surface area (TPSA) is 83.9 Å². The first kappa shape index (κ1) is 25.2. The Kier molecular flexibility index (Phi) is 8.51. The van der Waals surface area contributed by atoms with Crippen LogP contribution in [0.1, 0.15) is 73.4 Å². The molecule has 7 heteroatoms. The number of unbranched alkanes of at least 4 members (excludes halogenated alkanes) is 1. The smallest absolute Gasteiger partial charge is 0.325 e. The van der Waals surface area contributed by atoms with Crippen LogP contribution < -0.4 is 5.32 Å². The molecule has 3 aliphatic rings. The lowest BCUT2D eigenvalue weighted by atomic mass is 9.95. The van der Waals surface area contributed by atoms with Crippen molar-refractivity contribution in [2.75, 3.05) is 31.6 Å². The molecule has 2 atom stereocenters. The third kappa shape index (κ3) is 6.25. The Labute approximate surface area is 214 Å². The summed E-state index contributed by atoms with van der Waals surface area (Å²) in [7, 11) is 0. The maximum Gasteiger partial charge on any atom is 0.325 e. The number of carboxylic acid groups (broad SMARTS) is 1. The Bertz CT molecular complexity index is 1030. The fourth-order valence-electron chi connectivity index (χ4n) is 5.45. The Morgan fingerprint density at radius 1 is 1.08 bits per heavy atom. The third-order valence-corrected chi connectivity index (χ3v) is 7.78. The van der Waals surface area contributed by atoms with Crippen molar-refractivity contribution in [1.29, 1.82) is 0 Å². The zero-order valence-electron chi connectivity index (χ0n) is 21.2. The second kappa shape index (κ2) is 12.2. The molecule has 3 heterocycles. The van der Waals surface area contributed by atoms with Gasteiger partial charge in [-0.05, 0) is 80.5 Å². The number of aryl methyl sites for hydroxylation is 2. The number of hydrogen-bond acceptors (Lipinski definition) is 6. The molecule has 1 aromatic heterocycles. The summed E-state index contributed by atoms with van der Waals surface area (Å²) in [4.78, 5) is 19.2. The van der Waals surface area contributed by atoms with E-state index < -0.39 is 12.0 Å². The van der Waals surface area contributed by atoms with Crippen molar-refractivity contribution in [2.45, 2.75) is 82.6 Å². The molecule has 1 aliphatic carbocycles. The summed E-state index contributed by atoms with van der Waals surface area (Å²) in [6, 6.07) is 11.5. The maximum atomic E-state index is 12.3. The summed E-state index contributed by atoms with van der Waals surface area (Å²) < 4.78 is 12.2. The minimum absolute atomic E-state index is 0.0799. The first-order valence-corrected chi connectivity index (χ1v) is 13.7. The molecule has 7 nitrogen and oxygen atoms in total. The summed E-state index contributed by atoms with van der Waals surface area (Å²) in [5, 5.41) is 13.5. The number of carbonyl (C=O) groups is 1. The van der Waals surface area contributed by atoms with E-state index in [1.807, 2.05) is 24.3 Å². The molecule has 2 unspecified atom stereocenters. The summed E-state index contributed by atoms with van der Waals surface area (Å²) in [5.41, 5.74) is 4.29. The Morgan fingerprint density at radius 2 is 1.97 bits per heavy atom. The van der Waals surface area contributed by atoms with Gasteiger partial charge in [0, 0.05) is 31.9 Å². The number of nitrogens with zero attached hydrogens (tertiary/aromatic N) is 2. The normalized spacial score (nSPS) is 20.9. The predicted octanol–water partition coefficient (Wildman–Crippen LogP) is 4.75. The Morgan fingerprint density at radius 3 is 2.81 bits per heavy atom. The third-order valence-electron chi connectivity index (χ3n) is 7.78. The highest BCUT2D eigenvalue weighted by atomic mass is 16.5. The van der Waals surface area contributed by atoms with Crippen LogP contribution >= 0.6 is 0 Å². The van der Waals surface area contributed by atoms with Gasteiger partial charge in [0.05, 0.1) is 18.8 Å². The van der Waals surface area contributed by atoms with Gasteiger partial charge in [0.15, 0.2) is 0 Å². The fourth-order valence-corrected chi connectivity index (χ4v) is 5.45. The molecule has 2 N–H and O–H groups in total. The van der Waals surface area contributed by atoms with Gasteiger partial charge in [-0.25, -0.2) is 4.98 Å². The van der Waals surface area contributed by atoms with E-state index in [4.69, 9.17) is 14.5 Å². The molecule has 0 bridgehead atoms. The van der Waals surface area contributed by atoms with Crippen LogP contribution in [0.25, 0.3) is 0 Å². The number of ether oxygens (including phenoxy) is 2. The molecule has 36 heavy (non-hydrogen) atoms. The lowest BCUT2D eigenvalue weighted by Gasteiger charge is -2.28. The first-order chi connectivity index (χ1) is 17.7. The van der Waals surface area contributed by atoms with Crippen molar-refractivity contribution in [3.63, 3.8) is 0 Å². The highest BCUT2D eigenvalue weighted by molar-refractivity contribution is 5.76. The largest absolute Gasteiger partial charge is 0.480 e. The van der Waals surface area contributed by atoms with Crippen molar-refractivity contribution in [3.05, 3.63) is 58.8 Å². The van der Waals surface area contributed by atoms with Crippen LogP contribution in [0, 0.1) is 0 Å². The highest BCUT2D eigenvalue weighted by Gasteiger charge is 2.35. The quantitative estimate of drug-likeness (QED) is 0.413. The van der Waals surface area contributed by atoms with E-state index in [0.29, 0.717) is 25.9 Å². The van der Waals surface area contributed by atoms with E-state index in [-0.39, 0.29) is 6.10 Å². The molecule has 2 aliphatic heterocycles. The van der Waals surface area contributed by atoms with Crippen LogP contribution in [0.15, 0.2) is 36.4 Å². The number of aliphatic carboxylic acids is 1. The van der Waals surface area contributed by atoms with Gasteiger partial charge in [0.25, 0.3) is 0 Å². The highest BCUT2D eigenvalue weighted by Crippen LogP contribution is 2.31. The van der Waals surface area contributed by atoms with Gasteiger partial charge >= 0.3 is 5.97 Å². The van der Waals surface area contributed by atoms with Gasteiger partial charge in [-0.15, -0.1) is 0 Å². The van der Waals surface area contributed by atoms with Crippen molar-refractivity contribution >= 4 is 11.8 Å². The number of pyridine rings is 1. The molecule has 1 saturated carbocycles. The van der Waals surface area contributed by atoms with E-state index in [1.54, 1.807) is 0 Å². The second-order valence-corrected chi connectivity index (χ2v) is 10.4. The monoisotopic (exact) mass is 493 g/mol. The van der Waals surface area contributed by atoms with Gasteiger partial charge in [-0.2, -0.15) is 0 Å². The molecule has 2 aromatic rings. The zero-order valence-corrected chi connectivity index (χ0v) is 21.2. The van der Waals surface area contributed by atoms with E-state index in [1.165, 1.54) is 18.4 Å².